The summed E-state index contributed by atoms with van der Waals surface area (Å²) in [7, 11) is 1.70. The number of aromatic nitrogens is 1. The van der Waals surface area contributed by atoms with E-state index in [0.717, 1.165) is 30.9 Å². The summed E-state index contributed by atoms with van der Waals surface area (Å²) in [5.74, 6) is 0.632. The molecule has 150 valence electrons. The van der Waals surface area contributed by atoms with Crippen molar-refractivity contribution < 1.29 is 14.3 Å². The molecule has 0 aliphatic carbocycles. The quantitative estimate of drug-likeness (QED) is 0.394. The van der Waals surface area contributed by atoms with Crippen molar-refractivity contribution in [1.29, 1.82) is 0 Å². The van der Waals surface area contributed by atoms with Crippen LogP contribution >= 0.6 is 11.3 Å². The minimum absolute atomic E-state index is 0.175. The molecule has 0 spiro atoms. The second kappa shape index (κ2) is 10.2. The number of methoxy groups -OCH3 is 1. The Bertz CT molecular complexity index is 816. The first-order valence-electron chi connectivity index (χ1n) is 9.46. The van der Waals surface area contributed by atoms with Crippen molar-refractivity contribution in [3.8, 4) is 5.75 Å². The highest BCUT2D eigenvalue weighted by atomic mass is 32.1. The number of anilines is 1. The van der Waals surface area contributed by atoms with Crippen LogP contribution in [0, 0.1) is 0 Å². The third-order valence-electron chi connectivity index (χ3n) is 4.45. The first-order valence-corrected chi connectivity index (χ1v) is 10.3. The lowest BCUT2D eigenvalue weighted by atomic mass is 10.1. The zero-order chi connectivity index (χ0) is 19.8. The molecular formula is C20H26N4O3S. The number of hydrazone groups is 1. The number of hydrogen-bond acceptors (Lipinski definition) is 8. The van der Waals surface area contributed by atoms with E-state index in [0.29, 0.717) is 17.4 Å². The molecule has 2 aromatic rings. The average Bonchev–Trinajstić information content (AvgIpc) is 3.34. The third kappa shape index (κ3) is 5.77. The van der Waals surface area contributed by atoms with Crippen molar-refractivity contribution in [2.45, 2.75) is 32.7 Å². The van der Waals surface area contributed by atoms with Gasteiger partial charge in [0.15, 0.2) is 0 Å². The van der Waals surface area contributed by atoms with Gasteiger partial charge in [0.25, 0.3) is 0 Å². The Hall–Kier alpha value is -2.45. The minimum Gasteiger partial charge on any atom is -0.496 e. The molecule has 8 heteroatoms. The van der Waals surface area contributed by atoms with Crippen LogP contribution in [0.25, 0.3) is 0 Å². The van der Waals surface area contributed by atoms with Gasteiger partial charge in [0.1, 0.15) is 5.75 Å². The van der Waals surface area contributed by atoms with Crippen LogP contribution < -0.4 is 10.2 Å². The molecule has 1 aromatic heterocycles. The number of thiazole rings is 1. The third-order valence-corrected chi connectivity index (χ3v) is 5.25. The summed E-state index contributed by atoms with van der Waals surface area (Å²) in [6.07, 6.45) is 4.46. The van der Waals surface area contributed by atoms with E-state index in [1.807, 2.05) is 17.5 Å². The lowest BCUT2D eigenvalue weighted by Crippen LogP contribution is -2.18. The normalized spacial score (nSPS) is 14.5. The fourth-order valence-electron chi connectivity index (χ4n) is 3.15. The monoisotopic (exact) mass is 402 g/mol. The molecule has 2 heterocycles. The summed E-state index contributed by atoms with van der Waals surface area (Å²) in [6, 6.07) is 6.06. The summed E-state index contributed by atoms with van der Waals surface area (Å²) in [5, 5.41) is 6.74. The number of nitrogens with zero attached hydrogens (tertiary/aromatic N) is 3. The van der Waals surface area contributed by atoms with E-state index >= 15 is 0 Å². The van der Waals surface area contributed by atoms with E-state index in [9.17, 15) is 4.79 Å². The van der Waals surface area contributed by atoms with Crippen molar-refractivity contribution in [1.82, 2.24) is 9.88 Å². The maximum atomic E-state index is 11.5. The average molecular weight is 403 g/mol. The molecule has 0 radical (unpaired) electrons. The number of esters is 1. The number of likely N-dealkylation sites (tertiary alicyclic amines) is 1. The first kappa shape index (κ1) is 20.3. The number of rotatable bonds is 9. The zero-order valence-electron chi connectivity index (χ0n) is 16.3. The highest BCUT2D eigenvalue weighted by Crippen LogP contribution is 2.23. The molecule has 0 atom stereocenters. The van der Waals surface area contributed by atoms with Gasteiger partial charge in [-0.2, -0.15) is 5.10 Å². The highest BCUT2D eigenvalue weighted by Gasteiger charge is 2.14. The Morgan fingerprint density at radius 3 is 2.96 bits per heavy atom. The molecule has 0 saturated carbocycles. The first-order chi connectivity index (χ1) is 13.7. The Morgan fingerprint density at radius 1 is 1.39 bits per heavy atom. The van der Waals surface area contributed by atoms with Crippen molar-refractivity contribution in [2.75, 3.05) is 32.2 Å². The standard InChI is InChI=1S/C20H26N4O3S/c1-3-27-19(25)11-17-14-28-20(22-17)23-21-12-15-6-7-18(26-2)16(10-15)13-24-8-4-5-9-24/h6-7,10,12,14H,3-5,8-9,11,13H2,1-2H3,(H,22,23). The van der Waals surface area contributed by atoms with Gasteiger partial charge in [0, 0.05) is 17.5 Å². The van der Waals surface area contributed by atoms with Gasteiger partial charge in [-0.3, -0.25) is 15.1 Å². The van der Waals surface area contributed by atoms with Crippen LogP contribution in [0.3, 0.4) is 0 Å². The second-order valence-electron chi connectivity index (χ2n) is 6.55. The number of nitrogens with one attached hydrogen (secondary N) is 1. The van der Waals surface area contributed by atoms with Crippen LogP contribution in [-0.4, -0.2) is 48.9 Å². The SMILES string of the molecule is CCOC(=O)Cc1csc(NN=Cc2ccc(OC)c(CN3CCCC3)c2)n1. The summed E-state index contributed by atoms with van der Waals surface area (Å²) >= 11 is 1.40. The molecular weight excluding hydrogens is 376 g/mol. The molecule has 0 unspecified atom stereocenters. The lowest BCUT2D eigenvalue weighted by molar-refractivity contribution is -0.142. The van der Waals surface area contributed by atoms with Crippen molar-refractivity contribution in [2.24, 2.45) is 5.10 Å². The Balaban J connectivity index is 1.59. The van der Waals surface area contributed by atoms with Crippen molar-refractivity contribution >= 4 is 28.7 Å². The molecule has 7 nitrogen and oxygen atoms in total. The number of benzene rings is 1. The Kier molecular flexibility index (Phi) is 7.39. The van der Waals surface area contributed by atoms with Gasteiger partial charge < -0.3 is 9.47 Å². The van der Waals surface area contributed by atoms with Gasteiger partial charge in [-0.05, 0) is 56.6 Å². The molecule has 1 saturated heterocycles. The predicted molar refractivity (Wildman–Crippen MR) is 111 cm³/mol. The van der Waals surface area contributed by atoms with Crippen LogP contribution in [0.4, 0.5) is 5.13 Å². The molecule has 0 bridgehead atoms. The van der Waals surface area contributed by atoms with Gasteiger partial charge in [0.05, 0.1) is 32.0 Å². The predicted octanol–water partition coefficient (Wildman–Crippen LogP) is 3.30. The summed E-state index contributed by atoms with van der Waals surface area (Å²) in [4.78, 5) is 18.3. The molecule has 1 aliphatic heterocycles. The number of hydrogen-bond donors (Lipinski definition) is 1. The smallest absolute Gasteiger partial charge is 0.311 e. The molecule has 0 amide bonds. The minimum atomic E-state index is -0.272. The molecule has 1 aliphatic rings. The molecule has 1 fully saturated rings. The van der Waals surface area contributed by atoms with E-state index < -0.39 is 0 Å². The fourth-order valence-corrected chi connectivity index (χ4v) is 3.80. The van der Waals surface area contributed by atoms with E-state index in [4.69, 9.17) is 9.47 Å². The van der Waals surface area contributed by atoms with Gasteiger partial charge in [-0.15, -0.1) is 11.3 Å². The second-order valence-corrected chi connectivity index (χ2v) is 7.41. The van der Waals surface area contributed by atoms with E-state index in [2.05, 4.69) is 26.5 Å². The van der Waals surface area contributed by atoms with E-state index in [1.54, 1.807) is 20.2 Å². The molecule has 3 rings (SSSR count). The maximum absolute atomic E-state index is 11.5. The zero-order valence-corrected chi connectivity index (χ0v) is 17.1. The van der Waals surface area contributed by atoms with Crippen LogP contribution in [0.1, 0.15) is 36.6 Å². The van der Waals surface area contributed by atoms with Crippen molar-refractivity contribution in [3.63, 3.8) is 0 Å². The molecule has 1 aromatic carbocycles. The maximum Gasteiger partial charge on any atom is 0.311 e. The fraction of sp³-hybridized carbons (Fsp3) is 0.450. The molecule has 1 N–H and O–H groups in total. The van der Waals surface area contributed by atoms with Gasteiger partial charge in [0.2, 0.25) is 5.13 Å². The Labute approximate surface area is 169 Å². The Morgan fingerprint density at radius 2 is 2.21 bits per heavy atom. The lowest BCUT2D eigenvalue weighted by Gasteiger charge is -2.17. The number of carbonyl (C=O) groups is 1. The number of carbonyl (C=O) groups excluding carboxylic acids is 1. The molecule has 28 heavy (non-hydrogen) atoms. The van der Waals surface area contributed by atoms with E-state index in [1.165, 1.54) is 29.7 Å². The van der Waals surface area contributed by atoms with Gasteiger partial charge in [-0.1, -0.05) is 0 Å². The largest absolute Gasteiger partial charge is 0.496 e. The summed E-state index contributed by atoms with van der Waals surface area (Å²) in [6.45, 7) is 5.33. The van der Waals surface area contributed by atoms with Crippen LogP contribution in [0.5, 0.6) is 5.75 Å². The van der Waals surface area contributed by atoms with Gasteiger partial charge in [-0.25, -0.2) is 4.98 Å². The van der Waals surface area contributed by atoms with Crippen molar-refractivity contribution in [3.05, 3.63) is 40.4 Å². The van der Waals surface area contributed by atoms with E-state index in [-0.39, 0.29) is 12.4 Å². The van der Waals surface area contributed by atoms with Crippen LogP contribution in [0.2, 0.25) is 0 Å². The summed E-state index contributed by atoms with van der Waals surface area (Å²) in [5.41, 5.74) is 5.76. The van der Waals surface area contributed by atoms with Crippen LogP contribution in [0.15, 0.2) is 28.7 Å². The topological polar surface area (TPSA) is 76.1 Å². The number of ether oxygens (including phenoxy) is 2. The van der Waals surface area contributed by atoms with Gasteiger partial charge >= 0.3 is 5.97 Å². The van der Waals surface area contributed by atoms with Crippen LogP contribution in [-0.2, 0) is 22.5 Å². The summed E-state index contributed by atoms with van der Waals surface area (Å²) < 4.78 is 10.4. The highest BCUT2D eigenvalue weighted by molar-refractivity contribution is 7.13.